The third kappa shape index (κ3) is 1.82. The van der Waals surface area contributed by atoms with Crippen molar-refractivity contribution in [3.63, 3.8) is 0 Å². The van der Waals surface area contributed by atoms with Crippen molar-refractivity contribution in [3.8, 4) is 11.1 Å². The fourth-order valence-corrected chi connectivity index (χ4v) is 2.10. The van der Waals surface area contributed by atoms with Gasteiger partial charge < -0.3 is 5.11 Å². The molecule has 2 N–H and O–H groups in total. The lowest BCUT2D eigenvalue weighted by Gasteiger charge is -2.10. The van der Waals surface area contributed by atoms with Crippen molar-refractivity contribution >= 4 is 5.97 Å². The molecule has 1 aromatic carbocycles. The second-order valence-corrected chi connectivity index (χ2v) is 4.11. The first kappa shape index (κ1) is 11.4. The van der Waals surface area contributed by atoms with Gasteiger partial charge in [-0.3, -0.25) is 5.10 Å². The summed E-state index contributed by atoms with van der Waals surface area (Å²) in [7, 11) is 0. The molecule has 0 unspecified atom stereocenters. The van der Waals surface area contributed by atoms with Crippen LogP contribution in [0, 0.1) is 20.8 Å². The maximum atomic E-state index is 11.3. The van der Waals surface area contributed by atoms with E-state index in [2.05, 4.69) is 10.2 Å². The molecule has 0 radical (unpaired) electrons. The molecule has 0 saturated heterocycles. The van der Waals surface area contributed by atoms with Crippen LogP contribution in [-0.4, -0.2) is 21.3 Å². The Morgan fingerprint density at radius 3 is 2.47 bits per heavy atom. The summed E-state index contributed by atoms with van der Waals surface area (Å²) in [5.41, 5.74) is 4.61. The van der Waals surface area contributed by atoms with Crippen LogP contribution in [0.4, 0.5) is 0 Å². The van der Waals surface area contributed by atoms with Crippen LogP contribution in [0.5, 0.6) is 0 Å². The third-order valence-electron chi connectivity index (χ3n) is 2.88. The molecule has 1 aromatic heterocycles. The third-order valence-corrected chi connectivity index (χ3v) is 2.88. The van der Waals surface area contributed by atoms with E-state index in [4.69, 9.17) is 0 Å². The number of hydrogen-bond acceptors (Lipinski definition) is 2. The Morgan fingerprint density at radius 1 is 1.24 bits per heavy atom. The van der Waals surface area contributed by atoms with Crippen molar-refractivity contribution in [2.24, 2.45) is 0 Å². The maximum absolute atomic E-state index is 11.3. The van der Waals surface area contributed by atoms with E-state index in [1.54, 1.807) is 12.1 Å². The predicted octanol–water partition coefficient (Wildman–Crippen LogP) is 2.70. The van der Waals surface area contributed by atoms with Crippen molar-refractivity contribution in [2.75, 3.05) is 0 Å². The first-order chi connectivity index (χ1) is 8.02. The number of aromatic carboxylic acids is 1. The monoisotopic (exact) mass is 230 g/mol. The van der Waals surface area contributed by atoms with Crippen LogP contribution in [0.3, 0.4) is 0 Å². The van der Waals surface area contributed by atoms with Gasteiger partial charge in [0.15, 0.2) is 0 Å². The molecule has 0 aliphatic heterocycles. The molecule has 1 heterocycles. The average Bonchev–Trinajstić information content (AvgIpc) is 2.59. The van der Waals surface area contributed by atoms with Crippen molar-refractivity contribution in [1.82, 2.24) is 10.2 Å². The summed E-state index contributed by atoms with van der Waals surface area (Å²) in [6, 6.07) is 5.29. The first-order valence-corrected chi connectivity index (χ1v) is 5.37. The molecular formula is C13H14N2O2. The summed E-state index contributed by atoms with van der Waals surface area (Å²) in [5.74, 6) is -0.913. The molecule has 2 rings (SSSR count). The number of aromatic amines is 1. The van der Waals surface area contributed by atoms with Gasteiger partial charge in [0.05, 0.1) is 11.3 Å². The Hall–Kier alpha value is -2.10. The lowest BCUT2D eigenvalue weighted by molar-refractivity contribution is 0.0697. The summed E-state index contributed by atoms with van der Waals surface area (Å²) < 4.78 is 0. The average molecular weight is 230 g/mol. The van der Waals surface area contributed by atoms with E-state index in [1.165, 1.54) is 0 Å². The van der Waals surface area contributed by atoms with Crippen LogP contribution in [0.2, 0.25) is 0 Å². The van der Waals surface area contributed by atoms with E-state index in [0.29, 0.717) is 5.56 Å². The number of aryl methyl sites for hydroxylation is 3. The zero-order chi connectivity index (χ0) is 12.6. The summed E-state index contributed by atoms with van der Waals surface area (Å²) in [6.07, 6.45) is 0. The summed E-state index contributed by atoms with van der Waals surface area (Å²) in [4.78, 5) is 11.3. The van der Waals surface area contributed by atoms with Gasteiger partial charge in [-0.05, 0) is 32.4 Å². The molecule has 0 atom stereocenters. The molecule has 0 fully saturated rings. The lowest BCUT2D eigenvalue weighted by Crippen LogP contribution is -2.02. The van der Waals surface area contributed by atoms with Crippen molar-refractivity contribution in [3.05, 3.63) is 40.7 Å². The van der Waals surface area contributed by atoms with Gasteiger partial charge in [0.2, 0.25) is 0 Å². The smallest absolute Gasteiger partial charge is 0.336 e. The highest BCUT2D eigenvalue weighted by Gasteiger charge is 2.18. The molecule has 0 saturated carbocycles. The minimum Gasteiger partial charge on any atom is -0.478 e. The Kier molecular flexibility index (Phi) is 2.71. The molecule has 4 nitrogen and oxygen atoms in total. The van der Waals surface area contributed by atoms with Crippen LogP contribution >= 0.6 is 0 Å². The van der Waals surface area contributed by atoms with Gasteiger partial charge in [-0.25, -0.2) is 4.79 Å². The number of carboxylic acids is 1. The number of carbonyl (C=O) groups is 1. The topological polar surface area (TPSA) is 66.0 Å². The van der Waals surface area contributed by atoms with Gasteiger partial charge in [-0.1, -0.05) is 12.1 Å². The van der Waals surface area contributed by atoms with Crippen molar-refractivity contribution in [2.45, 2.75) is 20.8 Å². The van der Waals surface area contributed by atoms with Crippen molar-refractivity contribution < 1.29 is 9.90 Å². The molecule has 0 bridgehead atoms. The Bertz CT molecular complexity index is 566. The van der Waals surface area contributed by atoms with Gasteiger partial charge in [0.1, 0.15) is 0 Å². The molecule has 0 aliphatic rings. The Labute approximate surface area is 99.3 Å². The highest BCUT2D eigenvalue weighted by atomic mass is 16.4. The van der Waals surface area contributed by atoms with Crippen molar-refractivity contribution in [1.29, 1.82) is 0 Å². The summed E-state index contributed by atoms with van der Waals surface area (Å²) in [5, 5.41) is 16.2. The van der Waals surface area contributed by atoms with Crippen LogP contribution in [0.25, 0.3) is 11.1 Å². The maximum Gasteiger partial charge on any atom is 0.336 e. The zero-order valence-electron chi connectivity index (χ0n) is 10.0. The van der Waals surface area contributed by atoms with Crippen LogP contribution < -0.4 is 0 Å². The molecule has 88 valence electrons. The first-order valence-electron chi connectivity index (χ1n) is 5.37. The quantitative estimate of drug-likeness (QED) is 0.833. The normalized spacial score (nSPS) is 10.5. The van der Waals surface area contributed by atoms with E-state index in [9.17, 15) is 9.90 Å². The number of H-pyrrole nitrogens is 1. The number of nitrogens with zero attached hydrogens (tertiary/aromatic N) is 1. The lowest BCUT2D eigenvalue weighted by atomic mass is 9.94. The molecule has 4 heteroatoms. The molecule has 0 amide bonds. The van der Waals surface area contributed by atoms with E-state index in [-0.39, 0.29) is 0 Å². The molecule has 2 aromatic rings. The standard InChI is InChI=1S/C13H14N2O2/c1-7-5-4-6-10(13(16)17)11(7)12-8(2)14-15-9(12)3/h4-6H,1-3H3,(H,14,15)(H,16,17). The van der Waals surface area contributed by atoms with Gasteiger partial charge in [-0.15, -0.1) is 0 Å². The van der Waals surface area contributed by atoms with Gasteiger partial charge in [-0.2, -0.15) is 5.10 Å². The van der Waals surface area contributed by atoms with Gasteiger partial charge in [0, 0.05) is 16.8 Å². The van der Waals surface area contributed by atoms with Gasteiger partial charge in [0.25, 0.3) is 0 Å². The number of carboxylic acid groups (broad SMARTS) is 1. The number of hydrogen-bond donors (Lipinski definition) is 2. The highest BCUT2D eigenvalue weighted by Crippen LogP contribution is 2.31. The predicted molar refractivity (Wildman–Crippen MR) is 65.2 cm³/mol. The van der Waals surface area contributed by atoms with E-state index < -0.39 is 5.97 Å². The fraction of sp³-hybridized carbons (Fsp3) is 0.231. The molecule has 0 aliphatic carbocycles. The van der Waals surface area contributed by atoms with E-state index >= 15 is 0 Å². The minimum atomic E-state index is -0.913. The minimum absolute atomic E-state index is 0.317. The molecular weight excluding hydrogens is 216 g/mol. The molecule has 17 heavy (non-hydrogen) atoms. The highest BCUT2D eigenvalue weighted by molar-refractivity contribution is 5.97. The summed E-state index contributed by atoms with van der Waals surface area (Å²) >= 11 is 0. The van der Waals surface area contributed by atoms with E-state index in [1.807, 2.05) is 26.8 Å². The molecule has 0 spiro atoms. The largest absolute Gasteiger partial charge is 0.478 e. The number of aromatic nitrogens is 2. The van der Waals surface area contributed by atoms with Crippen LogP contribution in [0.15, 0.2) is 18.2 Å². The van der Waals surface area contributed by atoms with Crippen LogP contribution in [0.1, 0.15) is 27.3 Å². The second kappa shape index (κ2) is 4.05. The number of benzene rings is 1. The Balaban J connectivity index is 2.79. The second-order valence-electron chi connectivity index (χ2n) is 4.11. The number of rotatable bonds is 2. The SMILES string of the molecule is Cc1cccc(C(=O)O)c1-c1c(C)n[nH]c1C. The Morgan fingerprint density at radius 2 is 1.94 bits per heavy atom. The van der Waals surface area contributed by atoms with Crippen LogP contribution in [-0.2, 0) is 0 Å². The number of nitrogens with one attached hydrogen (secondary N) is 1. The summed E-state index contributed by atoms with van der Waals surface area (Å²) in [6.45, 7) is 5.68. The fourth-order valence-electron chi connectivity index (χ4n) is 2.10. The zero-order valence-corrected chi connectivity index (χ0v) is 10.0. The van der Waals surface area contributed by atoms with E-state index in [0.717, 1.165) is 28.1 Å². The van der Waals surface area contributed by atoms with Gasteiger partial charge >= 0.3 is 5.97 Å².